The molecule has 1 atom stereocenters. The van der Waals surface area contributed by atoms with Crippen LogP contribution in [0.4, 0.5) is 0 Å². The van der Waals surface area contributed by atoms with Gasteiger partial charge in [-0.05, 0) is 24.6 Å². The summed E-state index contributed by atoms with van der Waals surface area (Å²) in [7, 11) is 1.86. The van der Waals surface area contributed by atoms with Crippen molar-refractivity contribution in [2.75, 3.05) is 6.54 Å². The monoisotopic (exact) mass is 331 g/mol. The summed E-state index contributed by atoms with van der Waals surface area (Å²) in [5, 5.41) is 9.32. The molecule has 20 heavy (non-hydrogen) atoms. The number of hydrogen-bond donors (Lipinski definition) is 1. The van der Waals surface area contributed by atoms with Gasteiger partial charge in [-0.2, -0.15) is 5.10 Å². The van der Waals surface area contributed by atoms with Gasteiger partial charge in [0.15, 0.2) is 0 Å². The fraction of sp³-hybridized carbons (Fsp3) is 0.357. The fourth-order valence-corrected chi connectivity index (χ4v) is 2.82. The first-order valence-electron chi connectivity index (χ1n) is 6.41. The second-order valence-electron chi connectivity index (χ2n) is 4.53. The number of benzene rings is 1. The van der Waals surface area contributed by atoms with E-state index in [2.05, 4.69) is 17.3 Å². The van der Waals surface area contributed by atoms with Crippen LogP contribution in [0.3, 0.4) is 0 Å². The second-order valence-corrected chi connectivity index (χ2v) is 5.72. The molecule has 3 nitrogen and oxygen atoms in total. The van der Waals surface area contributed by atoms with Gasteiger partial charge in [0.2, 0.25) is 0 Å². The zero-order valence-electron chi connectivity index (χ0n) is 11.3. The minimum absolute atomic E-state index is 0.138. The Morgan fingerprint density at radius 2 is 2.00 bits per heavy atom. The topological polar surface area (TPSA) is 29.9 Å². The summed E-state index contributed by atoms with van der Waals surface area (Å²) < 4.78 is 1.76. The highest BCUT2D eigenvalue weighted by molar-refractivity contribution is 6.42. The van der Waals surface area contributed by atoms with Crippen LogP contribution in [0.25, 0.3) is 0 Å². The lowest BCUT2D eigenvalue weighted by Crippen LogP contribution is -2.26. The Labute approximate surface area is 133 Å². The minimum Gasteiger partial charge on any atom is -0.305 e. The molecule has 1 aromatic heterocycles. The predicted octanol–water partition coefficient (Wildman–Crippen LogP) is 4.47. The molecule has 0 bridgehead atoms. The quantitative estimate of drug-likeness (QED) is 0.875. The summed E-state index contributed by atoms with van der Waals surface area (Å²) in [6.45, 7) is 2.95. The van der Waals surface area contributed by atoms with Crippen LogP contribution in [0.5, 0.6) is 0 Å². The molecule has 1 aromatic carbocycles. The zero-order valence-corrected chi connectivity index (χ0v) is 13.6. The molecule has 1 heterocycles. The van der Waals surface area contributed by atoms with Gasteiger partial charge in [0.1, 0.15) is 0 Å². The molecular formula is C14H16Cl3N3. The van der Waals surface area contributed by atoms with Crippen molar-refractivity contribution < 1.29 is 0 Å². The largest absolute Gasteiger partial charge is 0.305 e. The third-order valence-electron chi connectivity index (χ3n) is 3.10. The Balaban J connectivity index is 2.50. The van der Waals surface area contributed by atoms with Gasteiger partial charge in [-0.3, -0.25) is 4.68 Å². The van der Waals surface area contributed by atoms with Crippen molar-refractivity contribution in [1.29, 1.82) is 0 Å². The summed E-state index contributed by atoms with van der Waals surface area (Å²) >= 11 is 18.7. The number of nitrogens with zero attached hydrogens (tertiary/aromatic N) is 2. The lowest BCUT2D eigenvalue weighted by molar-refractivity contribution is 0.554. The maximum absolute atomic E-state index is 6.34. The van der Waals surface area contributed by atoms with Crippen molar-refractivity contribution in [3.05, 3.63) is 50.7 Å². The molecule has 108 valence electrons. The summed E-state index contributed by atoms with van der Waals surface area (Å²) in [5.41, 5.74) is 1.78. The van der Waals surface area contributed by atoms with Crippen LogP contribution >= 0.6 is 34.8 Å². The molecule has 0 fully saturated rings. The summed E-state index contributed by atoms with van der Waals surface area (Å²) in [4.78, 5) is 0. The second kappa shape index (κ2) is 6.81. The first kappa shape index (κ1) is 15.6. The Kier molecular flexibility index (Phi) is 5.33. The van der Waals surface area contributed by atoms with E-state index in [1.807, 2.05) is 19.2 Å². The Morgan fingerprint density at radius 3 is 2.60 bits per heavy atom. The predicted molar refractivity (Wildman–Crippen MR) is 84.8 cm³/mol. The standard InChI is InChI=1S/C14H16Cl3N3/c1-3-7-18-13(14-11(16)8-19-20(14)2)9-5-4-6-10(15)12(9)17/h4-6,8,13,18H,3,7H2,1-2H3. The fourth-order valence-electron chi connectivity index (χ4n) is 2.13. The van der Waals surface area contributed by atoms with Crippen molar-refractivity contribution in [2.24, 2.45) is 7.05 Å². The van der Waals surface area contributed by atoms with E-state index in [4.69, 9.17) is 34.8 Å². The van der Waals surface area contributed by atoms with Crippen molar-refractivity contribution in [2.45, 2.75) is 19.4 Å². The zero-order chi connectivity index (χ0) is 14.7. The van der Waals surface area contributed by atoms with E-state index >= 15 is 0 Å². The van der Waals surface area contributed by atoms with Gasteiger partial charge in [-0.15, -0.1) is 0 Å². The van der Waals surface area contributed by atoms with Crippen LogP contribution < -0.4 is 5.32 Å². The molecule has 1 N–H and O–H groups in total. The molecule has 0 spiro atoms. The van der Waals surface area contributed by atoms with Gasteiger partial charge in [0, 0.05) is 7.05 Å². The molecule has 0 aliphatic carbocycles. The van der Waals surface area contributed by atoms with Gasteiger partial charge < -0.3 is 5.32 Å². The van der Waals surface area contributed by atoms with Gasteiger partial charge >= 0.3 is 0 Å². The van der Waals surface area contributed by atoms with Gasteiger partial charge in [-0.25, -0.2) is 0 Å². The normalized spacial score (nSPS) is 12.7. The molecule has 0 saturated heterocycles. The van der Waals surface area contributed by atoms with Crippen molar-refractivity contribution in [1.82, 2.24) is 15.1 Å². The molecule has 0 aliphatic heterocycles. The number of aryl methyl sites for hydroxylation is 1. The molecule has 2 rings (SSSR count). The number of nitrogens with one attached hydrogen (secondary N) is 1. The Hall–Kier alpha value is -0.740. The average molecular weight is 333 g/mol. The van der Waals surface area contributed by atoms with Crippen molar-refractivity contribution in [3.63, 3.8) is 0 Å². The molecule has 0 radical (unpaired) electrons. The van der Waals surface area contributed by atoms with Crippen LogP contribution in [0.15, 0.2) is 24.4 Å². The third kappa shape index (κ3) is 3.12. The van der Waals surface area contributed by atoms with E-state index in [9.17, 15) is 0 Å². The molecule has 0 saturated carbocycles. The van der Waals surface area contributed by atoms with Crippen LogP contribution in [0.1, 0.15) is 30.6 Å². The highest BCUT2D eigenvalue weighted by Gasteiger charge is 2.23. The number of halogens is 3. The van der Waals surface area contributed by atoms with E-state index in [-0.39, 0.29) is 6.04 Å². The maximum Gasteiger partial charge on any atom is 0.0837 e. The van der Waals surface area contributed by atoms with E-state index in [1.165, 1.54) is 0 Å². The summed E-state index contributed by atoms with van der Waals surface area (Å²) in [6, 6.07) is 5.47. The van der Waals surface area contributed by atoms with E-state index in [1.54, 1.807) is 16.9 Å². The van der Waals surface area contributed by atoms with Crippen LogP contribution in [0.2, 0.25) is 15.1 Å². The lowest BCUT2D eigenvalue weighted by Gasteiger charge is -2.21. The van der Waals surface area contributed by atoms with E-state index in [0.717, 1.165) is 24.2 Å². The summed E-state index contributed by atoms with van der Waals surface area (Å²) in [5.74, 6) is 0. The van der Waals surface area contributed by atoms with Crippen LogP contribution in [-0.2, 0) is 7.05 Å². The van der Waals surface area contributed by atoms with Crippen LogP contribution in [-0.4, -0.2) is 16.3 Å². The maximum atomic E-state index is 6.34. The van der Waals surface area contributed by atoms with Crippen LogP contribution in [0, 0.1) is 0 Å². The lowest BCUT2D eigenvalue weighted by atomic mass is 10.0. The first-order chi connectivity index (χ1) is 9.56. The van der Waals surface area contributed by atoms with Gasteiger partial charge in [-0.1, -0.05) is 53.9 Å². The van der Waals surface area contributed by atoms with Gasteiger partial charge in [0.25, 0.3) is 0 Å². The Morgan fingerprint density at radius 1 is 1.25 bits per heavy atom. The molecule has 0 amide bonds. The summed E-state index contributed by atoms with van der Waals surface area (Å²) in [6.07, 6.45) is 2.64. The first-order valence-corrected chi connectivity index (χ1v) is 7.54. The number of hydrogen-bond acceptors (Lipinski definition) is 2. The highest BCUT2D eigenvalue weighted by atomic mass is 35.5. The highest BCUT2D eigenvalue weighted by Crippen LogP contribution is 2.35. The van der Waals surface area contributed by atoms with Crippen molar-refractivity contribution >= 4 is 34.8 Å². The Bertz CT molecular complexity index is 576. The minimum atomic E-state index is -0.138. The molecule has 0 aliphatic rings. The molecule has 1 unspecified atom stereocenters. The van der Waals surface area contributed by atoms with Gasteiger partial charge in [0.05, 0.1) is 33.0 Å². The molecule has 2 aromatic rings. The molecule has 6 heteroatoms. The number of aromatic nitrogens is 2. The smallest absolute Gasteiger partial charge is 0.0837 e. The van der Waals surface area contributed by atoms with E-state index < -0.39 is 0 Å². The average Bonchev–Trinajstić information content (AvgIpc) is 2.75. The third-order valence-corrected chi connectivity index (χ3v) is 4.23. The van der Waals surface area contributed by atoms with Crippen molar-refractivity contribution in [3.8, 4) is 0 Å². The SMILES string of the molecule is CCCNC(c1cccc(Cl)c1Cl)c1c(Cl)cnn1C. The van der Waals surface area contributed by atoms with E-state index in [0.29, 0.717) is 15.1 Å². The number of rotatable bonds is 5. The molecular weight excluding hydrogens is 317 g/mol.